The summed E-state index contributed by atoms with van der Waals surface area (Å²) in [5, 5.41) is 3.23. The van der Waals surface area contributed by atoms with Gasteiger partial charge in [-0.1, -0.05) is 13.8 Å². The molecule has 0 saturated carbocycles. The minimum atomic E-state index is -4.55. The number of hydrogen-bond acceptors (Lipinski definition) is 2. The number of rotatable bonds is 6. The van der Waals surface area contributed by atoms with E-state index in [2.05, 4.69) is 10.1 Å². The molecule has 0 radical (unpaired) electrons. The van der Waals surface area contributed by atoms with Gasteiger partial charge < -0.3 is 9.88 Å². The standard InChI is InChI=1S/C11H17F3N2O/c1-9(2)15-7-10-3-4-16(8-10)5-6-17-11(12,13)14/h3-4,8-9,15H,5-7H2,1-2H3. The maximum Gasteiger partial charge on any atom is 0.522 e. The van der Waals surface area contributed by atoms with Crippen molar-refractivity contribution >= 4 is 0 Å². The molecule has 6 heteroatoms. The van der Waals surface area contributed by atoms with Crippen molar-refractivity contribution < 1.29 is 17.9 Å². The number of alkyl halides is 3. The Labute approximate surface area is 98.6 Å². The second kappa shape index (κ2) is 6.07. The van der Waals surface area contributed by atoms with E-state index in [1.807, 2.05) is 26.1 Å². The van der Waals surface area contributed by atoms with Crippen molar-refractivity contribution in [2.45, 2.75) is 39.3 Å². The fraction of sp³-hybridized carbons (Fsp3) is 0.636. The quantitative estimate of drug-likeness (QED) is 0.839. The molecule has 0 aliphatic heterocycles. The molecule has 0 fully saturated rings. The highest BCUT2D eigenvalue weighted by Gasteiger charge is 2.28. The first-order valence-electron chi connectivity index (χ1n) is 5.45. The van der Waals surface area contributed by atoms with Crippen LogP contribution in [0.25, 0.3) is 0 Å². The maximum atomic E-state index is 11.7. The summed E-state index contributed by atoms with van der Waals surface area (Å²) < 4.78 is 40.6. The third kappa shape index (κ3) is 6.33. The zero-order valence-corrected chi connectivity index (χ0v) is 9.92. The Morgan fingerprint density at radius 1 is 1.41 bits per heavy atom. The van der Waals surface area contributed by atoms with Gasteiger partial charge in [-0.05, 0) is 11.6 Å². The molecule has 0 unspecified atom stereocenters. The average Bonchev–Trinajstić information content (AvgIpc) is 2.61. The number of aromatic nitrogens is 1. The van der Waals surface area contributed by atoms with Gasteiger partial charge in [0, 0.05) is 31.5 Å². The van der Waals surface area contributed by atoms with Gasteiger partial charge in [0.15, 0.2) is 0 Å². The summed E-state index contributed by atoms with van der Waals surface area (Å²) in [6.45, 7) is 4.61. The molecule has 1 N–H and O–H groups in total. The molecular weight excluding hydrogens is 233 g/mol. The molecule has 0 amide bonds. The van der Waals surface area contributed by atoms with Crippen molar-refractivity contribution in [1.29, 1.82) is 0 Å². The second-order valence-electron chi connectivity index (χ2n) is 4.09. The van der Waals surface area contributed by atoms with Crippen LogP contribution in [0.2, 0.25) is 0 Å². The predicted molar refractivity (Wildman–Crippen MR) is 58.4 cm³/mol. The van der Waals surface area contributed by atoms with Crippen LogP contribution in [0.3, 0.4) is 0 Å². The van der Waals surface area contributed by atoms with Crippen molar-refractivity contribution in [1.82, 2.24) is 9.88 Å². The van der Waals surface area contributed by atoms with Crippen LogP contribution in [0, 0.1) is 0 Å². The van der Waals surface area contributed by atoms with Crippen LogP contribution in [0.4, 0.5) is 13.2 Å². The summed E-state index contributed by atoms with van der Waals surface area (Å²) in [7, 11) is 0. The Morgan fingerprint density at radius 3 is 2.71 bits per heavy atom. The third-order valence-corrected chi connectivity index (χ3v) is 2.14. The molecular formula is C11H17F3N2O. The molecule has 0 aliphatic rings. The summed E-state index contributed by atoms with van der Waals surface area (Å²) in [6, 6.07) is 2.26. The molecule has 0 spiro atoms. The predicted octanol–water partition coefficient (Wildman–Crippen LogP) is 2.52. The zero-order valence-electron chi connectivity index (χ0n) is 9.92. The van der Waals surface area contributed by atoms with Gasteiger partial charge in [-0.2, -0.15) is 0 Å². The van der Waals surface area contributed by atoms with Gasteiger partial charge in [-0.15, -0.1) is 13.2 Å². The van der Waals surface area contributed by atoms with Crippen LogP contribution < -0.4 is 5.32 Å². The number of nitrogens with one attached hydrogen (secondary N) is 1. The lowest BCUT2D eigenvalue weighted by atomic mass is 10.3. The van der Waals surface area contributed by atoms with Gasteiger partial charge in [-0.25, -0.2) is 0 Å². The van der Waals surface area contributed by atoms with Crippen LogP contribution in [0.15, 0.2) is 18.5 Å². The Hall–Kier alpha value is -1.01. The highest BCUT2D eigenvalue weighted by Crippen LogP contribution is 2.15. The van der Waals surface area contributed by atoms with E-state index in [1.54, 1.807) is 10.8 Å². The van der Waals surface area contributed by atoms with E-state index in [1.165, 1.54) is 0 Å². The van der Waals surface area contributed by atoms with Gasteiger partial charge in [0.1, 0.15) is 0 Å². The third-order valence-electron chi connectivity index (χ3n) is 2.14. The maximum absolute atomic E-state index is 11.7. The van der Waals surface area contributed by atoms with Gasteiger partial charge in [0.2, 0.25) is 0 Å². The Morgan fingerprint density at radius 2 is 2.12 bits per heavy atom. The summed E-state index contributed by atoms with van der Waals surface area (Å²) in [5.41, 5.74) is 1.05. The van der Waals surface area contributed by atoms with Crippen LogP contribution >= 0.6 is 0 Å². The lowest BCUT2D eigenvalue weighted by Gasteiger charge is -2.08. The molecule has 0 aromatic carbocycles. The topological polar surface area (TPSA) is 26.2 Å². The molecule has 1 aromatic heterocycles. The van der Waals surface area contributed by atoms with E-state index < -0.39 is 6.36 Å². The van der Waals surface area contributed by atoms with E-state index in [4.69, 9.17) is 0 Å². The van der Waals surface area contributed by atoms with E-state index >= 15 is 0 Å². The largest absolute Gasteiger partial charge is 0.522 e. The average molecular weight is 250 g/mol. The molecule has 17 heavy (non-hydrogen) atoms. The lowest BCUT2D eigenvalue weighted by Crippen LogP contribution is -2.21. The highest BCUT2D eigenvalue weighted by atomic mass is 19.4. The number of hydrogen-bond donors (Lipinski definition) is 1. The van der Waals surface area contributed by atoms with Crippen LogP contribution in [-0.2, 0) is 17.8 Å². The smallest absolute Gasteiger partial charge is 0.352 e. The molecule has 1 heterocycles. The minimum absolute atomic E-state index is 0.196. The molecule has 0 aliphatic carbocycles. The van der Waals surface area contributed by atoms with Crippen molar-refractivity contribution in [3.63, 3.8) is 0 Å². The van der Waals surface area contributed by atoms with Gasteiger partial charge >= 0.3 is 6.36 Å². The van der Waals surface area contributed by atoms with Crippen molar-refractivity contribution in [3.8, 4) is 0 Å². The van der Waals surface area contributed by atoms with E-state index in [9.17, 15) is 13.2 Å². The lowest BCUT2D eigenvalue weighted by molar-refractivity contribution is -0.325. The molecule has 98 valence electrons. The molecule has 0 saturated heterocycles. The van der Waals surface area contributed by atoms with Crippen molar-refractivity contribution in [2.75, 3.05) is 6.61 Å². The monoisotopic (exact) mass is 250 g/mol. The van der Waals surface area contributed by atoms with E-state index in [-0.39, 0.29) is 13.2 Å². The number of ether oxygens (including phenoxy) is 1. The number of nitrogens with zero attached hydrogens (tertiary/aromatic N) is 1. The zero-order chi connectivity index (χ0) is 12.9. The van der Waals surface area contributed by atoms with Crippen LogP contribution in [0.1, 0.15) is 19.4 Å². The normalized spacial score (nSPS) is 12.4. The van der Waals surface area contributed by atoms with Gasteiger partial charge in [-0.3, -0.25) is 4.74 Å². The van der Waals surface area contributed by atoms with Gasteiger partial charge in [0.25, 0.3) is 0 Å². The number of halogens is 3. The van der Waals surface area contributed by atoms with Crippen LogP contribution in [-0.4, -0.2) is 23.6 Å². The van der Waals surface area contributed by atoms with E-state index in [0.29, 0.717) is 12.6 Å². The summed E-state index contributed by atoms with van der Waals surface area (Å²) >= 11 is 0. The Balaban J connectivity index is 2.31. The highest BCUT2D eigenvalue weighted by molar-refractivity contribution is 5.09. The van der Waals surface area contributed by atoms with Crippen molar-refractivity contribution in [3.05, 3.63) is 24.0 Å². The Bertz CT molecular complexity index is 334. The molecule has 3 nitrogen and oxygen atoms in total. The fourth-order valence-electron chi connectivity index (χ4n) is 1.32. The summed E-state index contributed by atoms with van der Waals surface area (Å²) in [6.07, 6.45) is -0.985. The first-order chi connectivity index (χ1) is 7.87. The molecule has 1 rings (SSSR count). The second-order valence-corrected chi connectivity index (χ2v) is 4.09. The SMILES string of the molecule is CC(C)NCc1ccn(CCOC(F)(F)F)c1. The summed E-state index contributed by atoms with van der Waals surface area (Å²) in [5.74, 6) is 0. The molecule has 0 atom stereocenters. The molecule has 1 aromatic rings. The van der Waals surface area contributed by atoms with E-state index in [0.717, 1.165) is 5.56 Å². The minimum Gasteiger partial charge on any atom is -0.352 e. The van der Waals surface area contributed by atoms with Gasteiger partial charge in [0.05, 0.1) is 6.61 Å². The molecule has 0 bridgehead atoms. The first kappa shape index (κ1) is 14.1. The summed E-state index contributed by atoms with van der Waals surface area (Å²) in [4.78, 5) is 0. The fourth-order valence-corrected chi connectivity index (χ4v) is 1.32. The van der Waals surface area contributed by atoms with Crippen LogP contribution in [0.5, 0.6) is 0 Å². The van der Waals surface area contributed by atoms with Crippen molar-refractivity contribution in [2.24, 2.45) is 0 Å². The first-order valence-corrected chi connectivity index (χ1v) is 5.45. The Kier molecular flexibility index (Phi) is 5.02.